The molecule has 3 unspecified atom stereocenters. The van der Waals surface area contributed by atoms with Gasteiger partial charge in [-0.25, -0.2) is 0 Å². The normalized spacial score (nSPS) is 37.1. The third-order valence-electron chi connectivity index (χ3n) is 3.22. The van der Waals surface area contributed by atoms with Crippen LogP contribution in [0.15, 0.2) is 0 Å². The van der Waals surface area contributed by atoms with Gasteiger partial charge in [0.25, 0.3) is 0 Å². The summed E-state index contributed by atoms with van der Waals surface area (Å²) in [5.41, 5.74) is 5.62. The number of rotatable bonds is 3. The highest BCUT2D eigenvalue weighted by Crippen LogP contribution is 2.18. The Morgan fingerprint density at radius 1 is 1.64 bits per heavy atom. The lowest BCUT2D eigenvalue weighted by molar-refractivity contribution is -0.122. The summed E-state index contributed by atoms with van der Waals surface area (Å²) in [5, 5.41) is 2.95. The molecule has 14 heavy (non-hydrogen) atoms. The minimum Gasteiger partial charge on any atom is -0.351 e. The minimum absolute atomic E-state index is 0.136. The van der Waals surface area contributed by atoms with Crippen LogP contribution in [0.5, 0.6) is 0 Å². The Morgan fingerprint density at radius 2 is 2.36 bits per heavy atom. The first-order valence-corrected chi connectivity index (χ1v) is 5.46. The van der Waals surface area contributed by atoms with Crippen molar-refractivity contribution in [1.82, 2.24) is 10.2 Å². The van der Waals surface area contributed by atoms with E-state index in [1.807, 2.05) is 0 Å². The van der Waals surface area contributed by atoms with Crippen LogP contribution in [-0.4, -0.2) is 42.0 Å². The first-order chi connectivity index (χ1) is 6.66. The standard InChI is InChI=1S/C10H19N3O/c1-7-3-2-4-13(7)6-10(14)12-9-5-8(9)11/h7-9H,2-6,11H2,1H3,(H,12,14). The fourth-order valence-corrected chi connectivity index (χ4v) is 2.05. The second-order valence-electron chi connectivity index (χ2n) is 4.54. The van der Waals surface area contributed by atoms with Crippen molar-refractivity contribution in [3.8, 4) is 0 Å². The van der Waals surface area contributed by atoms with Crippen LogP contribution in [0.2, 0.25) is 0 Å². The van der Waals surface area contributed by atoms with E-state index in [4.69, 9.17) is 5.73 Å². The summed E-state index contributed by atoms with van der Waals surface area (Å²) in [6.07, 6.45) is 3.38. The van der Waals surface area contributed by atoms with Crippen molar-refractivity contribution in [3.63, 3.8) is 0 Å². The van der Waals surface area contributed by atoms with Gasteiger partial charge in [0.1, 0.15) is 0 Å². The number of carbonyl (C=O) groups is 1. The molecule has 1 saturated carbocycles. The van der Waals surface area contributed by atoms with E-state index in [1.165, 1.54) is 12.8 Å². The summed E-state index contributed by atoms with van der Waals surface area (Å²) in [7, 11) is 0. The number of nitrogens with zero attached hydrogens (tertiary/aromatic N) is 1. The zero-order valence-corrected chi connectivity index (χ0v) is 8.70. The van der Waals surface area contributed by atoms with Crippen LogP contribution in [0.25, 0.3) is 0 Å². The molecular formula is C10H19N3O. The van der Waals surface area contributed by atoms with E-state index in [-0.39, 0.29) is 18.0 Å². The number of nitrogens with two attached hydrogens (primary N) is 1. The molecule has 1 heterocycles. The van der Waals surface area contributed by atoms with Crippen molar-refractivity contribution in [1.29, 1.82) is 0 Å². The Kier molecular flexibility index (Phi) is 2.74. The largest absolute Gasteiger partial charge is 0.351 e. The van der Waals surface area contributed by atoms with Gasteiger partial charge >= 0.3 is 0 Å². The number of carbonyl (C=O) groups excluding carboxylic acids is 1. The van der Waals surface area contributed by atoms with Gasteiger partial charge in [0.2, 0.25) is 5.91 Å². The predicted octanol–water partition coefficient (Wildman–Crippen LogP) is -0.313. The first kappa shape index (κ1) is 9.93. The summed E-state index contributed by atoms with van der Waals surface area (Å²) in [6.45, 7) is 3.79. The highest BCUT2D eigenvalue weighted by atomic mass is 16.2. The maximum Gasteiger partial charge on any atom is 0.234 e. The van der Waals surface area contributed by atoms with E-state index in [0.29, 0.717) is 12.6 Å². The Labute approximate surface area is 84.8 Å². The SMILES string of the molecule is CC1CCCN1CC(=O)NC1CC1N. The molecule has 0 bridgehead atoms. The molecule has 1 aliphatic heterocycles. The number of likely N-dealkylation sites (tertiary alicyclic amines) is 1. The number of amides is 1. The van der Waals surface area contributed by atoms with Crippen LogP contribution in [-0.2, 0) is 4.79 Å². The fourth-order valence-electron chi connectivity index (χ4n) is 2.05. The summed E-state index contributed by atoms with van der Waals surface area (Å²) in [6, 6.07) is 1.02. The molecule has 2 aliphatic rings. The van der Waals surface area contributed by atoms with Gasteiger partial charge in [0.05, 0.1) is 6.54 Å². The van der Waals surface area contributed by atoms with E-state index >= 15 is 0 Å². The van der Waals surface area contributed by atoms with Gasteiger partial charge in [0.15, 0.2) is 0 Å². The molecule has 4 nitrogen and oxygen atoms in total. The first-order valence-electron chi connectivity index (χ1n) is 5.46. The summed E-state index contributed by atoms with van der Waals surface area (Å²) in [5.74, 6) is 0.136. The van der Waals surface area contributed by atoms with Crippen LogP contribution in [0, 0.1) is 0 Å². The molecule has 2 rings (SSSR count). The Balaban J connectivity index is 1.71. The van der Waals surface area contributed by atoms with Gasteiger partial charge in [-0.15, -0.1) is 0 Å². The number of hydrogen-bond acceptors (Lipinski definition) is 3. The highest BCUT2D eigenvalue weighted by Gasteiger charge is 2.35. The van der Waals surface area contributed by atoms with Crippen molar-refractivity contribution < 1.29 is 4.79 Å². The molecule has 3 atom stereocenters. The molecule has 1 saturated heterocycles. The maximum absolute atomic E-state index is 11.5. The third kappa shape index (κ3) is 2.25. The zero-order valence-electron chi connectivity index (χ0n) is 8.70. The smallest absolute Gasteiger partial charge is 0.234 e. The lowest BCUT2D eigenvalue weighted by Crippen LogP contribution is -2.40. The van der Waals surface area contributed by atoms with Crippen molar-refractivity contribution in [2.75, 3.05) is 13.1 Å². The zero-order chi connectivity index (χ0) is 10.1. The van der Waals surface area contributed by atoms with E-state index in [1.54, 1.807) is 0 Å². The van der Waals surface area contributed by atoms with Crippen LogP contribution in [0.4, 0.5) is 0 Å². The molecule has 0 aromatic rings. The summed E-state index contributed by atoms with van der Waals surface area (Å²) in [4.78, 5) is 13.8. The molecule has 1 amide bonds. The Hall–Kier alpha value is -0.610. The second-order valence-corrected chi connectivity index (χ2v) is 4.54. The maximum atomic E-state index is 11.5. The molecule has 2 fully saturated rings. The monoisotopic (exact) mass is 197 g/mol. The van der Waals surface area contributed by atoms with Gasteiger partial charge in [0, 0.05) is 18.1 Å². The average molecular weight is 197 g/mol. The van der Waals surface area contributed by atoms with Crippen LogP contribution < -0.4 is 11.1 Å². The van der Waals surface area contributed by atoms with Gasteiger partial charge < -0.3 is 11.1 Å². The molecule has 0 aromatic carbocycles. The van der Waals surface area contributed by atoms with E-state index in [2.05, 4.69) is 17.1 Å². The van der Waals surface area contributed by atoms with Gasteiger partial charge in [-0.05, 0) is 32.7 Å². The van der Waals surface area contributed by atoms with Crippen molar-refractivity contribution in [3.05, 3.63) is 0 Å². The summed E-state index contributed by atoms with van der Waals surface area (Å²) < 4.78 is 0. The fraction of sp³-hybridized carbons (Fsp3) is 0.900. The van der Waals surface area contributed by atoms with Crippen LogP contribution in [0.1, 0.15) is 26.2 Å². The van der Waals surface area contributed by atoms with Crippen LogP contribution in [0.3, 0.4) is 0 Å². The lowest BCUT2D eigenvalue weighted by atomic mass is 10.2. The van der Waals surface area contributed by atoms with Crippen molar-refractivity contribution in [2.24, 2.45) is 5.73 Å². The number of nitrogens with one attached hydrogen (secondary N) is 1. The second kappa shape index (κ2) is 3.87. The molecule has 80 valence electrons. The van der Waals surface area contributed by atoms with Crippen LogP contribution >= 0.6 is 0 Å². The van der Waals surface area contributed by atoms with E-state index < -0.39 is 0 Å². The molecule has 3 N–H and O–H groups in total. The van der Waals surface area contributed by atoms with Crippen molar-refractivity contribution >= 4 is 5.91 Å². The van der Waals surface area contributed by atoms with Gasteiger partial charge in [-0.3, -0.25) is 9.69 Å². The molecule has 1 aliphatic carbocycles. The summed E-state index contributed by atoms with van der Waals surface area (Å²) >= 11 is 0. The third-order valence-corrected chi connectivity index (χ3v) is 3.22. The molecule has 0 aromatic heterocycles. The lowest BCUT2D eigenvalue weighted by Gasteiger charge is -2.19. The highest BCUT2D eigenvalue weighted by molar-refractivity contribution is 5.78. The van der Waals surface area contributed by atoms with E-state index in [0.717, 1.165) is 13.0 Å². The average Bonchev–Trinajstić information content (AvgIpc) is 2.63. The van der Waals surface area contributed by atoms with Gasteiger partial charge in [-0.2, -0.15) is 0 Å². The van der Waals surface area contributed by atoms with E-state index in [9.17, 15) is 4.79 Å². The topological polar surface area (TPSA) is 58.4 Å². The van der Waals surface area contributed by atoms with Crippen molar-refractivity contribution in [2.45, 2.75) is 44.3 Å². The Morgan fingerprint density at radius 3 is 2.86 bits per heavy atom. The van der Waals surface area contributed by atoms with Gasteiger partial charge in [-0.1, -0.05) is 0 Å². The molecular weight excluding hydrogens is 178 g/mol. The molecule has 0 spiro atoms. The molecule has 0 radical (unpaired) electrons. The Bertz CT molecular complexity index is 231. The number of hydrogen-bond donors (Lipinski definition) is 2. The predicted molar refractivity (Wildman–Crippen MR) is 54.8 cm³/mol. The molecule has 4 heteroatoms. The quantitative estimate of drug-likeness (QED) is 0.652. The minimum atomic E-state index is 0.136.